The molecule has 580 valence electrons. The van der Waals surface area contributed by atoms with Crippen molar-refractivity contribution in [3.05, 3.63) is 158 Å². The Morgan fingerprint density at radius 1 is 0.294 bits per heavy atom. The van der Waals surface area contributed by atoms with Crippen molar-refractivity contribution < 1.29 is 80.2 Å². The number of carbonyl (C=O) groups excluding carboxylic acids is 4. The zero-order valence-corrected chi connectivity index (χ0v) is 65.0. The van der Waals surface area contributed by atoms with Crippen LogP contribution < -0.4 is 0 Å². The van der Waals surface area contributed by atoms with Crippen LogP contribution in [0.15, 0.2) is 158 Å². The molecule has 0 saturated heterocycles. The minimum atomic E-state index is -5.01. The van der Waals surface area contributed by atoms with E-state index < -0.39 is 97.5 Å². The molecule has 0 aromatic carbocycles. The van der Waals surface area contributed by atoms with Gasteiger partial charge in [0, 0.05) is 19.3 Å². The van der Waals surface area contributed by atoms with Gasteiger partial charge in [0.15, 0.2) is 12.2 Å². The molecule has 3 N–H and O–H groups in total. The summed E-state index contributed by atoms with van der Waals surface area (Å²) in [7, 11) is -10.0. The topological polar surface area (TPSA) is 237 Å². The molecule has 0 radical (unpaired) electrons. The number of rotatable bonds is 71. The Hall–Kier alpha value is -5.32. The number of phosphoric ester groups is 2. The highest BCUT2D eigenvalue weighted by molar-refractivity contribution is 7.47. The van der Waals surface area contributed by atoms with Gasteiger partial charge in [0.2, 0.25) is 0 Å². The van der Waals surface area contributed by atoms with Crippen LogP contribution in [0, 0.1) is 0 Å². The van der Waals surface area contributed by atoms with Gasteiger partial charge in [0.25, 0.3) is 0 Å². The molecule has 0 spiro atoms. The molecule has 0 aromatic heterocycles. The predicted molar refractivity (Wildman–Crippen MR) is 417 cm³/mol. The van der Waals surface area contributed by atoms with Crippen LogP contribution in [0.25, 0.3) is 0 Å². The number of allylic oxidation sites excluding steroid dienone is 25. The minimum Gasteiger partial charge on any atom is -0.462 e. The summed E-state index contributed by atoms with van der Waals surface area (Å²) in [6, 6.07) is 0. The van der Waals surface area contributed by atoms with Crippen molar-refractivity contribution in [2.75, 3.05) is 39.6 Å². The van der Waals surface area contributed by atoms with E-state index in [0.29, 0.717) is 25.7 Å². The molecule has 0 saturated carbocycles. The molecule has 0 bridgehead atoms. The summed E-state index contributed by atoms with van der Waals surface area (Å²) >= 11 is 0. The normalized spacial score (nSPS) is 14.8. The zero-order valence-electron chi connectivity index (χ0n) is 63.2. The van der Waals surface area contributed by atoms with Crippen LogP contribution in [0.4, 0.5) is 0 Å². The van der Waals surface area contributed by atoms with Crippen molar-refractivity contribution in [1.82, 2.24) is 0 Å². The number of esters is 4. The van der Waals surface area contributed by atoms with Gasteiger partial charge in [-0.05, 0) is 148 Å². The second-order valence-corrected chi connectivity index (χ2v) is 28.1. The number of aliphatic hydroxyl groups excluding tert-OH is 1. The molecule has 0 rings (SSSR count). The standard InChI is InChI=1S/C83H136O17P2/c1-5-9-13-17-21-25-29-33-36-37-38-39-42-45-48-52-56-60-64-68-81(86)94-74-79(100-83(88)70-66-62-58-54-50-46-41-35-31-27-23-19-15-11-7-3)76-98-102(91,92)96-72-77(84)71-95-101(89,90)97-75-78(99-82(87)69-65-61-57-53-49-43-32-28-24-20-16-12-8-4)73-93-80(85)67-63-59-55-51-47-44-40-34-30-26-22-18-14-10-6-2/h10-11,14-16,20-23,25-28,32-36,38-41,50,54,62,66,77-79,84H,5-9,12-13,17-19,24,29-31,37,42-49,51-53,55-61,63-65,67-76H2,1-4H3,(H,89,90)(H,91,92)/b14-10-,15-11-,20-16-,25-21-,26-22-,27-23-,32-28-,36-33-,39-38-,40-34-,41-35-,54-50-,66-62-. The molecule has 0 aliphatic carbocycles. The quantitative estimate of drug-likeness (QED) is 0.0169. The lowest BCUT2D eigenvalue weighted by molar-refractivity contribution is -0.161. The smallest absolute Gasteiger partial charge is 0.462 e. The minimum absolute atomic E-state index is 0.0672. The Balaban J connectivity index is 5.45. The third-order valence-electron chi connectivity index (χ3n) is 15.5. The fraction of sp³-hybridized carbons (Fsp3) is 0.639. The first kappa shape index (κ1) is 96.7. The average molecular weight is 1470 g/mol. The van der Waals surface area contributed by atoms with Gasteiger partial charge in [-0.2, -0.15) is 0 Å². The monoisotopic (exact) mass is 1470 g/mol. The predicted octanol–water partition coefficient (Wildman–Crippen LogP) is 22.4. The fourth-order valence-corrected chi connectivity index (χ4v) is 11.2. The first-order valence-corrected chi connectivity index (χ1v) is 41.7. The molecule has 102 heavy (non-hydrogen) atoms. The van der Waals surface area contributed by atoms with Crippen LogP contribution in [-0.4, -0.2) is 96.7 Å². The van der Waals surface area contributed by atoms with Crippen molar-refractivity contribution in [3.63, 3.8) is 0 Å². The Morgan fingerprint density at radius 3 is 0.912 bits per heavy atom. The molecular weight excluding hydrogens is 1330 g/mol. The summed E-state index contributed by atoms with van der Waals surface area (Å²) in [6.45, 7) is 4.37. The largest absolute Gasteiger partial charge is 0.472 e. The van der Waals surface area contributed by atoms with Gasteiger partial charge in [-0.3, -0.25) is 37.3 Å². The number of carbonyl (C=O) groups is 4. The maximum absolute atomic E-state index is 13.1. The van der Waals surface area contributed by atoms with E-state index in [-0.39, 0.29) is 25.7 Å². The summed E-state index contributed by atoms with van der Waals surface area (Å²) in [5.74, 6) is -2.38. The van der Waals surface area contributed by atoms with Crippen LogP contribution in [0.5, 0.6) is 0 Å². The molecule has 0 aliphatic rings. The summed E-state index contributed by atoms with van der Waals surface area (Å²) in [5.41, 5.74) is 0. The molecule has 0 aromatic rings. The molecular formula is C83H136O17P2. The van der Waals surface area contributed by atoms with Gasteiger partial charge in [-0.1, -0.05) is 269 Å². The lowest BCUT2D eigenvalue weighted by Gasteiger charge is -2.21. The number of ether oxygens (including phenoxy) is 4. The van der Waals surface area contributed by atoms with Crippen LogP contribution in [0.1, 0.15) is 285 Å². The maximum Gasteiger partial charge on any atom is 0.472 e. The van der Waals surface area contributed by atoms with Crippen molar-refractivity contribution in [2.45, 2.75) is 303 Å². The number of phosphoric acid groups is 2. The fourth-order valence-electron chi connectivity index (χ4n) is 9.65. The van der Waals surface area contributed by atoms with Crippen LogP contribution in [0.3, 0.4) is 0 Å². The number of unbranched alkanes of at least 4 members (excludes halogenated alkanes) is 20. The SMILES string of the molecule is CC/C=C\C/C=C\C/C=C\C/C=C\C/C=C\CC(=O)OC(COC(=O)CCCCCCCC/C=C\C/C=C\C/C=C\CCCCC)COP(=O)(O)OCC(O)COP(=O)(O)OCC(COC(=O)CCCCCCC/C=C\C/C=C\C/C=C\CC)OC(=O)CCCCCCC/C=C\C/C=C\CCC. The van der Waals surface area contributed by atoms with E-state index in [9.17, 15) is 43.2 Å². The highest BCUT2D eigenvalue weighted by Gasteiger charge is 2.30. The molecule has 5 atom stereocenters. The molecule has 19 heteroatoms. The molecule has 17 nitrogen and oxygen atoms in total. The highest BCUT2D eigenvalue weighted by atomic mass is 31.2. The second-order valence-electron chi connectivity index (χ2n) is 25.2. The van der Waals surface area contributed by atoms with Gasteiger partial charge in [-0.15, -0.1) is 0 Å². The van der Waals surface area contributed by atoms with Gasteiger partial charge in [0.05, 0.1) is 32.8 Å². The summed E-state index contributed by atoms with van der Waals surface area (Å²) < 4.78 is 68.3. The van der Waals surface area contributed by atoms with Gasteiger partial charge >= 0.3 is 39.5 Å². The van der Waals surface area contributed by atoms with E-state index >= 15 is 0 Å². The highest BCUT2D eigenvalue weighted by Crippen LogP contribution is 2.45. The van der Waals surface area contributed by atoms with Crippen molar-refractivity contribution in [3.8, 4) is 0 Å². The third kappa shape index (κ3) is 73.0. The Morgan fingerprint density at radius 2 is 0.569 bits per heavy atom. The first-order chi connectivity index (χ1) is 49.7. The second kappa shape index (κ2) is 74.0. The lowest BCUT2D eigenvalue weighted by atomic mass is 10.1. The Kier molecular flexibility index (Phi) is 70.1. The van der Waals surface area contributed by atoms with Crippen molar-refractivity contribution in [2.24, 2.45) is 0 Å². The van der Waals surface area contributed by atoms with E-state index in [2.05, 4.69) is 161 Å². The molecule has 0 aliphatic heterocycles. The summed E-state index contributed by atoms with van der Waals surface area (Å²) in [4.78, 5) is 72.9. The lowest BCUT2D eigenvalue weighted by Crippen LogP contribution is -2.30. The van der Waals surface area contributed by atoms with E-state index in [0.717, 1.165) is 186 Å². The summed E-state index contributed by atoms with van der Waals surface area (Å²) in [5, 5.41) is 10.6. The molecule has 5 unspecified atom stereocenters. The van der Waals surface area contributed by atoms with Crippen molar-refractivity contribution >= 4 is 39.5 Å². The Bertz CT molecular complexity index is 2550. The van der Waals surface area contributed by atoms with E-state index in [1.165, 1.54) is 19.3 Å². The average Bonchev–Trinajstić information content (AvgIpc) is 0.907. The van der Waals surface area contributed by atoms with E-state index in [1.54, 1.807) is 12.2 Å². The number of hydrogen-bond donors (Lipinski definition) is 3. The molecule has 0 heterocycles. The number of hydrogen-bond acceptors (Lipinski definition) is 15. The van der Waals surface area contributed by atoms with Crippen LogP contribution in [0.2, 0.25) is 0 Å². The Labute approximate surface area is 617 Å². The maximum atomic E-state index is 13.1. The van der Waals surface area contributed by atoms with E-state index in [4.69, 9.17) is 37.0 Å². The molecule has 0 amide bonds. The number of aliphatic hydroxyl groups is 1. The summed E-state index contributed by atoms with van der Waals surface area (Å²) in [6.07, 6.45) is 85.5. The first-order valence-electron chi connectivity index (χ1n) is 38.7. The van der Waals surface area contributed by atoms with Crippen LogP contribution >= 0.6 is 15.6 Å². The van der Waals surface area contributed by atoms with E-state index in [1.807, 2.05) is 12.2 Å². The third-order valence-corrected chi connectivity index (χ3v) is 17.4. The zero-order chi connectivity index (χ0) is 74.6. The van der Waals surface area contributed by atoms with Gasteiger partial charge in [-0.25, -0.2) is 9.13 Å². The van der Waals surface area contributed by atoms with Gasteiger partial charge < -0.3 is 33.8 Å². The van der Waals surface area contributed by atoms with Crippen molar-refractivity contribution in [1.29, 1.82) is 0 Å². The van der Waals surface area contributed by atoms with Crippen LogP contribution in [-0.2, 0) is 65.4 Å². The van der Waals surface area contributed by atoms with Gasteiger partial charge in [0.1, 0.15) is 19.3 Å². The molecule has 0 fully saturated rings.